The van der Waals surface area contributed by atoms with E-state index in [1.165, 1.54) is 0 Å². The Kier molecular flexibility index (Phi) is 1.57. The number of H-pyrrole nitrogens is 1. The van der Waals surface area contributed by atoms with Crippen molar-refractivity contribution < 1.29 is 0 Å². The van der Waals surface area contributed by atoms with Crippen molar-refractivity contribution in [2.24, 2.45) is 0 Å². The van der Waals surface area contributed by atoms with E-state index in [0.29, 0.717) is 5.69 Å². The molecule has 1 aliphatic carbocycles. The SMILES string of the molecule is Cc1n[nH]c2c(c1=O)=CCCC=2. The number of rotatable bonds is 0. The molecule has 0 aromatic carbocycles. The molecular weight excluding hydrogens is 152 g/mol. The summed E-state index contributed by atoms with van der Waals surface area (Å²) in [5.74, 6) is 0. The van der Waals surface area contributed by atoms with E-state index >= 15 is 0 Å². The second-order valence-electron chi connectivity index (χ2n) is 2.95. The molecule has 2 rings (SSSR count). The molecule has 0 aliphatic heterocycles. The maximum absolute atomic E-state index is 11.5. The van der Waals surface area contributed by atoms with Gasteiger partial charge in [-0.15, -0.1) is 0 Å². The fourth-order valence-electron chi connectivity index (χ4n) is 1.39. The van der Waals surface area contributed by atoms with Gasteiger partial charge >= 0.3 is 0 Å². The Balaban J connectivity index is 2.99. The minimum Gasteiger partial charge on any atom is -0.287 e. The molecule has 0 unspecified atom stereocenters. The summed E-state index contributed by atoms with van der Waals surface area (Å²) < 4.78 is 0. The van der Waals surface area contributed by atoms with Gasteiger partial charge in [0.25, 0.3) is 0 Å². The van der Waals surface area contributed by atoms with Crippen molar-refractivity contribution in [2.45, 2.75) is 19.8 Å². The van der Waals surface area contributed by atoms with E-state index in [1.54, 1.807) is 6.92 Å². The second kappa shape index (κ2) is 2.59. The molecule has 1 aromatic rings. The maximum Gasteiger partial charge on any atom is 0.210 e. The highest BCUT2D eigenvalue weighted by molar-refractivity contribution is 5.35. The van der Waals surface area contributed by atoms with Gasteiger partial charge in [-0.2, -0.15) is 5.10 Å². The molecule has 0 bridgehead atoms. The Labute approximate surface area is 69.4 Å². The van der Waals surface area contributed by atoms with Crippen LogP contribution in [0.2, 0.25) is 0 Å². The topological polar surface area (TPSA) is 45.8 Å². The summed E-state index contributed by atoms with van der Waals surface area (Å²) >= 11 is 0. The number of aromatic nitrogens is 2. The fourth-order valence-corrected chi connectivity index (χ4v) is 1.39. The van der Waals surface area contributed by atoms with Crippen LogP contribution in [0.25, 0.3) is 12.2 Å². The summed E-state index contributed by atoms with van der Waals surface area (Å²) in [5.41, 5.74) is 0.597. The summed E-state index contributed by atoms with van der Waals surface area (Å²) in [7, 11) is 0. The summed E-state index contributed by atoms with van der Waals surface area (Å²) in [6, 6.07) is 0. The summed E-state index contributed by atoms with van der Waals surface area (Å²) in [6.07, 6.45) is 5.94. The van der Waals surface area contributed by atoms with Gasteiger partial charge in [-0.1, -0.05) is 12.2 Å². The Morgan fingerprint density at radius 3 is 3.00 bits per heavy atom. The Bertz CT molecular complexity index is 470. The molecule has 0 radical (unpaired) electrons. The van der Waals surface area contributed by atoms with Gasteiger partial charge in [-0.25, -0.2) is 0 Å². The molecule has 12 heavy (non-hydrogen) atoms. The zero-order chi connectivity index (χ0) is 8.55. The minimum atomic E-state index is 0.0553. The second-order valence-corrected chi connectivity index (χ2v) is 2.95. The van der Waals surface area contributed by atoms with E-state index in [9.17, 15) is 4.79 Å². The van der Waals surface area contributed by atoms with E-state index < -0.39 is 0 Å². The van der Waals surface area contributed by atoms with E-state index in [0.717, 1.165) is 23.4 Å². The van der Waals surface area contributed by atoms with Crippen LogP contribution in [0.5, 0.6) is 0 Å². The molecule has 62 valence electrons. The molecule has 3 heteroatoms. The van der Waals surface area contributed by atoms with E-state index in [1.807, 2.05) is 12.2 Å². The van der Waals surface area contributed by atoms with Crippen molar-refractivity contribution in [3.05, 3.63) is 26.5 Å². The number of nitrogens with zero attached hydrogens (tertiary/aromatic N) is 1. The van der Waals surface area contributed by atoms with E-state index in [-0.39, 0.29) is 5.43 Å². The first-order chi connectivity index (χ1) is 5.79. The highest BCUT2D eigenvalue weighted by Gasteiger charge is 2.00. The molecule has 0 spiro atoms. The Morgan fingerprint density at radius 1 is 1.42 bits per heavy atom. The molecule has 1 aromatic heterocycles. The average molecular weight is 162 g/mol. The Morgan fingerprint density at radius 2 is 2.17 bits per heavy atom. The lowest BCUT2D eigenvalue weighted by Crippen LogP contribution is -2.44. The lowest BCUT2D eigenvalue weighted by molar-refractivity contribution is 0.904. The number of hydrogen-bond acceptors (Lipinski definition) is 2. The van der Waals surface area contributed by atoms with Gasteiger partial charge < -0.3 is 0 Å². The van der Waals surface area contributed by atoms with Crippen LogP contribution in [0.4, 0.5) is 0 Å². The molecule has 0 saturated carbocycles. The minimum absolute atomic E-state index is 0.0553. The van der Waals surface area contributed by atoms with Crippen molar-refractivity contribution in [3.8, 4) is 0 Å². The first-order valence-electron chi connectivity index (χ1n) is 4.05. The molecular formula is C9H10N2O. The third-order valence-electron chi connectivity index (χ3n) is 2.07. The van der Waals surface area contributed by atoms with Crippen LogP contribution in [0.3, 0.4) is 0 Å². The van der Waals surface area contributed by atoms with Crippen molar-refractivity contribution >= 4 is 12.2 Å². The van der Waals surface area contributed by atoms with Gasteiger partial charge in [0.2, 0.25) is 5.43 Å². The van der Waals surface area contributed by atoms with Crippen molar-refractivity contribution in [3.63, 3.8) is 0 Å². The van der Waals surface area contributed by atoms with Crippen LogP contribution in [-0.2, 0) is 0 Å². The summed E-state index contributed by atoms with van der Waals surface area (Å²) in [6.45, 7) is 1.72. The van der Waals surface area contributed by atoms with Crippen molar-refractivity contribution in [1.82, 2.24) is 10.2 Å². The highest BCUT2D eigenvalue weighted by Crippen LogP contribution is 1.91. The molecule has 1 aliphatic rings. The number of nitrogens with one attached hydrogen (secondary N) is 1. The molecule has 3 nitrogen and oxygen atoms in total. The number of hydrogen-bond donors (Lipinski definition) is 1. The molecule has 0 amide bonds. The Hall–Kier alpha value is -1.38. The molecule has 0 atom stereocenters. The maximum atomic E-state index is 11.5. The van der Waals surface area contributed by atoms with Crippen LogP contribution >= 0.6 is 0 Å². The molecule has 0 fully saturated rings. The average Bonchev–Trinajstić information content (AvgIpc) is 2.12. The summed E-state index contributed by atoms with van der Waals surface area (Å²) in [4.78, 5) is 11.5. The normalized spacial score (nSPS) is 14.4. The fraction of sp³-hybridized carbons (Fsp3) is 0.333. The van der Waals surface area contributed by atoms with Crippen molar-refractivity contribution in [2.75, 3.05) is 0 Å². The van der Waals surface area contributed by atoms with Gasteiger partial charge in [0.1, 0.15) is 5.69 Å². The van der Waals surface area contributed by atoms with Crippen LogP contribution in [0.15, 0.2) is 4.79 Å². The largest absolute Gasteiger partial charge is 0.287 e. The zero-order valence-electron chi connectivity index (χ0n) is 6.92. The lowest BCUT2D eigenvalue weighted by Gasteiger charge is -1.98. The predicted molar refractivity (Wildman–Crippen MR) is 47.0 cm³/mol. The number of aryl methyl sites for hydroxylation is 1. The molecule has 1 heterocycles. The highest BCUT2D eigenvalue weighted by atomic mass is 16.1. The third kappa shape index (κ3) is 0.978. The lowest BCUT2D eigenvalue weighted by atomic mass is 10.1. The van der Waals surface area contributed by atoms with Gasteiger partial charge in [0, 0.05) is 5.22 Å². The number of aromatic amines is 1. The predicted octanol–water partition coefficient (Wildman–Crippen LogP) is -0.567. The van der Waals surface area contributed by atoms with E-state index in [2.05, 4.69) is 10.2 Å². The number of fused-ring (bicyclic) bond motifs is 1. The molecule has 0 saturated heterocycles. The quantitative estimate of drug-likeness (QED) is 0.555. The van der Waals surface area contributed by atoms with Gasteiger partial charge in [-0.3, -0.25) is 9.89 Å². The van der Waals surface area contributed by atoms with Crippen LogP contribution in [-0.4, -0.2) is 10.2 Å². The summed E-state index contributed by atoms with van der Waals surface area (Å²) in [5, 5.41) is 8.42. The smallest absolute Gasteiger partial charge is 0.210 e. The van der Waals surface area contributed by atoms with Crippen molar-refractivity contribution in [1.29, 1.82) is 0 Å². The standard InChI is InChI=1S/C9H10N2O/c1-6-9(12)7-4-2-3-5-8(7)11-10-6/h4-5,11H,2-3H2,1H3. The zero-order valence-corrected chi connectivity index (χ0v) is 6.92. The third-order valence-corrected chi connectivity index (χ3v) is 2.07. The first-order valence-corrected chi connectivity index (χ1v) is 4.05. The van der Waals surface area contributed by atoms with Gasteiger partial charge in [0.15, 0.2) is 0 Å². The van der Waals surface area contributed by atoms with Crippen LogP contribution in [0.1, 0.15) is 18.5 Å². The molecule has 1 N–H and O–H groups in total. The first kappa shape index (κ1) is 7.28. The van der Waals surface area contributed by atoms with Gasteiger partial charge in [-0.05, 0) is 19.8 Å². The monoisotopic (exact) mass is 162 g/mol. The van der Waals surface area contributed by atoms with Crippen LogP contribution in [0, 0.1) is 6.92 Å². The van der Waals surface area contributed by atoms with Gasteiger partial charge in [0.05, 0.1) is 5.35 Å². The van der Waals surface area contributed by atoms with Crippen LogP contribution < -0.4 is 16.0 Å². The van der Waals surface area contributed by atoms with E-state index in [4.69, 9.17) is 0 Å².